The molecule has 4 nitrogen and oxygen atoms in total. The molecule has 0 spiro atoms. The number of aliphatic hydroxyl groups excluding tert-OH is 1. The number of rotatable bonds is 3. The Hall–Kier alpha value is -1.60. The molecule has 74 valence electrons. The topological polar surface area (TPSA) is 46.7 Å². The maximum Gasteiger partial charge on any atom is 0.247 e. The van der Waals surface area contributed by atoms with Crippen molar-refractivity contribution in [3.63, 3.8) is 0 Å². The molecular formula is C10H12N2O2. The van der Waals surface area contributed by atoms with Gasteiger partial charge in [0.2, 0.25) is 11.6 Å². The average Bonchev–Trinajstić information content (AvgIpc) is 2.17. The number of nitrogens with zero attached hydrogens (tertiary/aromatic N) is 2. The van der Waals surface area contributed by atoms with Crippen molar-refractivity contribution in [1.29, 1.82) is 0 Å². The lowest BCUT2D eigenvalue weighted by Crippen LogP contribution is -2.07. The Kier molecular flexibility index (Phi) is 3.43. The molecule has 1 heterocycles. The highest BCUT2D eigenvalue weighted by atomic mass is 16.5. The Morgan fingerprint density at radius 3 is 2.86 bits per heavy atom. The van der Waals surface area contributed by atoms with E-state index in [4.69, 9.17) is 16.4 Å². The monoisotopic (exact) mass is 192 g/mol. The lowest BCUT2D eigenvalue weighted by Gasteiger charge is -2.10. The molecule has 14 heavy (non-hydrogen) atoms. The molecule has 0 radical (unpaired) electrons. The largest absolute Gasteiger partial charge is 0.484 e. The second-order valence-electron chi connectivity index (χ2n) is 3.10. The molecule has 1 N–H and O–H groups in total. The van der Waals surface area contributed by atoms with Crippen LogP contribution in [0.3, 0.4) is 0 Å². The number of aliphatic hydroxyl groups is 1. The maximum absolute atomic E-state index is 8.85. The van der Waals surface area contributed by atoms with E-state index in [1.165, 1.54) is 6.20 Å². The van der Waals surface area contributed by atoms with Crippen LogP contribution in [0.1, 0.15) is 19.4 Å². The zero-order chi connectivity index (χ0) is 10.6. The third-order valence-electron chi connectivity index (χ3n) is 1.54. The summed E-state index contributed by atoms with van der Waals surface area (Å²) in [4.78, 5) is 7.25. The van der Waals surface area contributed by atoms with E-state index in [0.29, 0.717) is 17.1 Å². The lowest BCUT2D eigenvalue weighted by molar-refractivity contribution is 0.233. The van der Waals surface area contributed by atoms with Crippen molar-refractivity contribution in [2.45, 2.75) is 26.6 Å². The Balaban J connectivity index is 3.01. The summed E-state index contributed by atoms with van der Waals surface area (Å²) in [6.07, 6.45) is 1.50. The molecule has 0 saturated heterocycles. The van der Waals surface area contributed by atoms with Crippen molar-refractivity contribution in [2.75, 3.05) is 0 Å². The first kappa shape index (κ1) is 10.5. The smallest absolute Gasteiger partial charge is 0.247 e. The molecule has 0 aliphatic rings. The fraction of sp³-hybridized carbons (Fsp3) is 0.400. The summed E-state index contributed by atoms with van der Waals surface area (Å²) in [5, 5.41) is 8.85. The summed E-state index contributed by atoms with van der Waals surface area (Å²) in [5.41, 5.74) is 0.956. The van der Waals surface area contributed by atoms with Gasteiger partial charge in [-0.3, -0.25) is 0 Å². The van der Waals surface area contributed by atoms with Crippen LogP contribution in [-0.4, -0.2) is 16.2 Å². The van der Waals surface area contributed by atoms with Crippen molar-refractivity contribution in [3.05, 3.63) is 29.2 Å². The highest BCUT2D eigenvalue weighted by Gasteiger charge is 2.07. The van der Waals surface area contributed by atoms with Crippen LogP contribution >= 0.6 is 0 Å². The van der Waals surface area contributed by atoms with Gasteiger partial charge in [-0.15, -0.1) is 0 Å². The third-order valence-corrected chi connectivity index (χ3v) is 1.54. The van der Waals surface area contributed by atoms with E-state index in [-0.39, 0.29) is 12.7 Å². The van der Waals surface area contributed by atoms with E-state index in [1.54, 1.807) is 6.07 Å². The Labute approximate surface area is 83.0 Å². The molecule has 0 saturated carbocycles. The maximum atomic E-state index is 8.85. The molecule has 1 rings (SSSR count). The first-order chi connectivity index (χ1) is 6.67. The van der Waals surface area contributed by atoms with Gasteiger partial charge >= 0.3 is 0 Å². The molecule has 0 atom stereocenters. The Morgan fingerprint density at radius 1 is 1.64 bits per heavy atom. The van der Waals surface area contributed by atoms with Crippen molar-refractivity contribution in [1.82, 2.24) is 4.98 Å². The Bertz CT molecular complexity index is 356. The van der Waals surface area contributed by atoms with E-state index in [1.807, 2.05) is 13.8 Å². The first-order valence-electron chi connectivity index (χ1n) is 4.31. The fourth-order valence-electron chi connectivity index (χ4n) is 0.963. The molecule has 1 aromatic heterocycles. The third kappa shape index (κ3) is 2.44. The van der Waals surface area contributed by atoms with E-state index in [9.17, 15) is 0 Å². The molecule has 1 aromatic rings. The van der Waals surface area contributed by atoms with Crippen LogP contribution in [0, 0.1) is 6.57 Å². The van der Waals surface area contributed by atoms with Gasteiger partial charge in [0.1, 0.15) is 0 Å². The molecule has 0 fully saturated rings. The average molecular weight is 192 g/mol. The van der Waals surface area contributed by atoms with Crippen molar-refractivity contribution in [3.8, 4) is 5.88 Å². The highest BCUT2D eigenvalue weighted by molar-refractivity contribution is 5.54. The first-order valence-corrected chi connectivity index (χ1v) is 4.31. The van der Waals surface area contributed by atoms with Gasteiger partial charge in [-0.25, -0.2) is 9.83 Å². The van der Waals surface area contributed by atoms with Crippen LogP contribution in [0.5, 0.6) is 5.88 Å². The standard InChI is InChI=1S/C10H12N2O2/c1-7(2)14-10-9(11-3)4-8(6-13)5-12-10/h4-5,7,13H,6H2,1-2H3. The summed E-state index contributed by atoms with van der Waals surface area (Å²) in [6, 6.07) is 1.58. The van der Waals surface area contributed by atoms with Crippen LogP contribution in [0.2, 0.25) is 0 Å². The summed E-state index contributed by atoms with van der Waals surface area (Å²) >= 11 is 0. The highest BCUT2D eigenvalue weighted by Crippen LogP contribution is 2.26. The van der Waals surface area contributed by atoms with Crippen LogP contribution in [0.15, 0.2) is 12.3 Å². The predicted molar refractivity (Wildman–Crippen MR) is 52.2 cm³/mol. The number of ether oxygens (including phenoxy) is 1. The zero-order valence-electron chi connectivity index (χ0n) is 8.19. The molecule has 0 amide bonds. The van der Waals surface area contributed by atoms with Gasteiger partial charge in [0, 0.05) is 6.20 Å². The van der Waals surface area contributed by atoms with Gasteiger partial charge < -0.3 is 9.84 Å². The quantitative estimate of drug-likeness (QED) is 0.744. The SMILES string of the molecule is [C-]#[N+]c1cc(CO)cnc1OC(C)C. The van der Waals surface area contributed by atoms with E-state index in [2.05, 4.69) is 9.83 Å². The minimum absolute atomic E-state index is 0.0111. The van der Waals surface area contributed by atoms with Crippen LogP contribution in [-0.2, 0) is 6.61 Å². The molecule has 4 heteroatoms. The molecule has 0 aromatic carbocycles. The second kappa shape index (κ2) is 4.58. The van der Waals surface area contributed by atoms with Gasteiger partial charge in [0.15, 0.2) is 0 Å². The molecule has 0 aliphatic heterocycles. The number of pyridine rings is 1. The van der Waals surface area contributed by atoms with Crippen LogP contribution in [0.4, 0.5) is 5.69 Å². The lowest BCUT2D eigenvalue weighted by atomic mass is 10.3. The molecule has 0 aliphatic carbocycles. The van der Waals surface area contributed by atoms with E-state index < -0.39 is 0 Å². The van der Waals surface area contributed by atoms with Crippen LogP contribution < -0.4 is 4.74 Å². The molecule has 0 bridgehead atoms. The zero-order valence-corrected chi connectivity index (χ0v) is 8.19. The van der Waals surface area contributed by atoms with Crippen molar-refractivity contribution in [2.24, 2.45) is 0 Å². The summed E-state index contributed by atoms with van der Waals surface area (Å²) in [5.74, 6) is 0.326. The summed E-state index contributed by atoms with van der Waals surface area (Å²) in [6.45, 7) is 10.6. The summed E-state index contributed by atoms with van der Waals surface area (Å²) in [7, 11) is 0. The van der Waals surface area contributed by atoms with Crippen LogP contribution in [0.25, 0.3) is 4.85 Å². The number of hydrogen-bond acceptors (Lipinski definition) is 3. The number of aromatic nitrogens is 1. The second-order valence-corrected chi connectivity index (χ2v) is 3.10. The van der Waals surface area contributed by atoms with Crippen molar-refractivity contribution < 1.29 is 9.84 Å². The molecular weight excluding hydrogens is 180 g/mol. The predicted octanol–water partition coefficient (Wildman–Crippen LogP) is 1.91. The van der Waals surface area contributed by atoms with Gasteiger partial charge in [-0.1, -0.05) is 0 Å². The van der Waals surface area contributed by atoms with Gasteiger partial charge in [-0.2, -0.15) is 0 Å². The fourth-order valence-corrected chi connectivity index (χ4v) is 0.963. The van der Waals surface area contributed by atoms with Gasteiger partial charge in [0.25, 0.3) is 0 Å². The number of hydrogen-bond donors (Lipinski definition) is 1. The minimum Gasteiger partial charge on any atom is -0.484 e. The van der Waals surface area contributed by atoms with Gasteiger partial charge in [0.05, 0.1) is 19.3 Å². The summed E-state index contributed by atoms with van der Waals surface area (Å²) < 4.78 is 5.33. The molecule has 0 unspecified atom stereocenters. The van der Waals surface area contributed by atoms with E-state index in [0.717, 1.165) is 0 Å². The van der Waals surface area contributed by atoms with E-state index >= 15 is 0 Å². The normalized spacial score (nSPS) is 9.93. The Morgan fingerprint density at radius 2 is 2.36 bits per heavy atom. The van der Waals surface area contributed by atoms with Gasteiger partial charge in [-0.05, 0) is 25.5 Å². The van der Waals surface area contributed by atoms with Crippen molar-refractivity contribution >= 4 is 5.69 Å². The minimum atomic E-state index is -0.114.